The molecule has 0 radical (unpaired) electrons. The normalized spacial score (nSPS) is 15.2. The molecule has 0 aliphatic carbocycles. The monoisotopic (exact) mass is 792 g/mol. The Hall–Kier alpha value is -1.63. The maximum absolute atomic E-state index is 13.2. The van der Waals surface area contributed by atoms with Gasteiger partial charge in [-0.2, -0.15) is 0 Å². The van der Waals surface area contributed by atoms with Crippen LogP contribution in [-0.2, 0) is 28.6 Å². The van der Waals surface area contributed by atoms with Gasteiger partial charge in [-0.15, -0.1) is 0 Å². The smallest absolute Gasteiger partial charge is 0.308 e. The van der Waals surface area contributed by atoms with Crippen molar-refractivity contribution in [2.24, 2.45) is 41.4 Å². The van der Waals surface area contributed by atoms with Gasteiger partial charge < -0.3 is 19.1 Å². The Morgan fingerprint density at radius 3 is 1.25 bits per heavy atom. The number of rotatable bonds is 37. The minimum Gasteiger partial charge on any atom is -0.465 e. The highest BCUT2D eigenvalue weighted by Crippen LogP contribution is 2.24. The average Bonchev–Trinajstić information content (AvgIpc) is 3.67. The SMILES string of the molecule is CC(C)CCC(COC(=O)CCCCCCCCCC(CCCCCCCCCC(=O)OCC(CCC(C)C)C(C)C)C(=O)OCCCN1CCCC1)C(C)C. The van der Waals surface area contributed by atoms with E-state index in [-0.39, 0.29) is 23.8 Å². The largest absolute Gasteiger partial charge is 0.465 e. The van der Waals surface area contributed by atoms with Gasteiger partial charge >= 0.3 is 17.9 Å². The lowest BCUT2D eigenvalue weighted by molar-refractivity contribution is -0.149. The summed E-state index contributed by atoms with van der Waals surface area (Å²) in [5, 5.41) is 0. The van der Waals surface area contributed by atoms with Crippen molar-refractivity contribution in [1.82, 2.24) is 4.90 Å². The Kier molecular flexibility index (Phi) is 32.0. The summed E-state index contributed by atoms with van der Waals surface area (Å²) in [5.41, 5.74) is 0. The molecule has 0 amide bonds. The van der Waals surface area contributed by atoms with E-state index in [9.17, 15) is 14.4 Å². The molecule has 1 saturated heterocycles. The second kappa shape index (κ2) is 34.3. The summed E-state index contributed by atoms with van der Waals surface area (Å²) < 4.78 is 17.1. The minimum absolute atomic E-state index is 0.0140. The third-order valence-corrected chi connectivity index (χ3v) is 12.3. The number of esters is 3. The zero-order valence-corrected chi connectivity index (χ0v) is 38.4. The fraction of sp³-hybridized carbons (Fsp3) is 0.939. The van der Waals surface area contributed by atoms with E-state index in [2.05, 4.69) is 60.3 Å². The second-order valence-corrected chi connectivity index (χ2v) is 19.1. The first-order chi connectivity index (χ1) is 26.9. The van der Waals surface area contributed by atoms with Crippen LogP contribution < -0.4 is 0 Å². The standard InChI is InChI=1S/C49H93NO6/c1-40(2)30-32-45(42(5)6)38-55-47(51)28-21-17-13-9-11-15-19-26-44(49(53)54-37-25-36-50-34-23-24-35-50)27-20-16-12-10-14-18-22-29-48(52)56-39-46(43(7)8)33-31-41(3)4/h40-46H,9-39H2,1-8H3. The Bertz CT molecular complexity index is 900. The highest BCUT2D eigenvalue weighted by Gasteiger charge is 2.21. The molecule has 2 unspecified atom stereocenters. The van der Waals surface area contributed by atoms with Crippen LogP contribution in [0.15, 0.2) is 0 Å². The van der Waals surface area contributed by atoms with Crippen LogP contribution in [0.3, 0.4) is 0 Å². The van der Waals surface area contributed by atoms with Crippen molar-refractivity contribution in [3.8, 4) is 0 Å². The third kappa shape index (κ3) is 29.6. The maximum atomic E-state index is 13.2. The molecule has 7 nitrogen and oxygen atoms in total. The van der Waals surface area contributed by atoms with Gasteiger partial charge in [-0.25, -0.2) is 0 Å². The van der Waals surface area contributed by atoms with Crippen molar-refractivity contribution in [2.75, 3.05) is 39.5 Å². The predicted octanol–water partition coefficient (Wildman–Crippen LogP) is 13.2. The second-order valence-electron chi connectivity index (χ2n) is 19.1. The highest BCUT2D eigenvalue weighted by molar-refractivity contribution is 5.72. The molecule has 0 bridgehead atoms. The Balaban J connectivity index is 2.25. The zero-order valence-electron chi connectivity index (χ0n) is 38.4. The molecule has 0 saturated carbocycles. The Labute approximate surface area is 347 Å². The molecular formula is C49H93NO6. The summed E-state index contributed by atoms with van der Waals surface area (Å²) in [6.45, 7) is 23.0. The minimum atomic E-state index is -0.0360. The molecule has 1 aliphatic rings. The van der Waals surface area contributed by atoms with Gasteiger partial charge in [-0.1, -0.05) is 145 Å². The van der Waals surface area contributed by atoms with Gasteiger partial charge in [0.2, 0.25) is 0 Å². The summed E-state index contributed by atoms with van der Waals surface area (Å²) in [7, 11) is 0. The first-order valence-electron chi connectivity index (χ1n) is 24.1. The van der Waals surface area contributed by atoms with Crippen molar-refractivity contribution >= 4 is 17.9 Å². The van der Waals surface area contributed by atoms with Gasteiger partial charge in [-0.3, -0.25) is 14.4 Å². The molecule has 0 aromatic carbocycles. The lowest BCUT2D eigenvalue weighted by Crippen LogP contribution is -2.23. The summed E-state index contributed by atoms with van der Waals surface area (Å²) in [5.74, 6) is 3.33. The number of carbonyl (C=O) groups excluding carboxylic acids is 3. The molecule has 56 heavy (non-hydrogen) atoms. The van der Waals surface area contributed by atoms with Crippen LogP contribution in [0.2, 0.25) is 0 Å². The first-order valence-corrected chi connectivity index (χ1v) is 24.1. The van der Waals surface area contributed by atoms with Crippen molar-refractivity contribution in [1.29, 1.82) is 0 Å². The number of carbonyl (C=O) groups is 3. The van der Waals surface area contributed by atoms with E-state index in [0.29, 0.717) is 68.2 Å². The van der Waals surface area contributed by atoms with E-state index < -0.39 is 0 Å². The quantitative estimate of drug-likeness (QED) is 0.0352. The predicted molar refractivity (Wildman–Crippen MR) is 235 cm³/mol. The summed E-state index contributed by atoms with van der Waals surface area (Å²) in [6, 6.07) is 0. The zero-order chi connectivity index (χ0) is 41.4. The van der Waals surface area contributed by atoms with E-state index in [1.807, 2.05) is 0 Å². The number of likely N-dealkylation sites (tertiary alicyclic amines) is 1. The van der Waals surface area contributed by atoms with E-state index in [1.165, 1.54) is 64.5 Å². The fourth-order valence-corrected chi connectivity index (χ4v) is 7.91. The summed E-state index contributed by atoms with van der Waals surface area (Å²) in [6.07, 6.45) is 26.5. The molecule has 1 heterocycles. The van der Waals surface area contributed by atoms with Crippen LogP contribution in [-0.4, -0.2) is 62.3 Å². The van der Waals surface area contributed by atoms with Gasteiger partial charge in [0, 0.05) is 19.4 Å². The van der Waals surface area contributed by atoms with Gasteiger partial charge in [0.25, 0.3) is 0 Å². The first kappa shape index (κ1) is 52.4. The molecule has 0 aromatic heterocycles. The van der Waals surface area contributed by atoms with Gasteiger partial charge in [-0.05, 0) is 106 Å². The number of ether oxygens (including phenoxy) is 3. The molecule has 0 aromatic rings. The van der Waals surface area contributed by atoms with Crippen LogP contribution in [0.25, 0.3) is 0 Å². The molecular weight excluding hydrogens is 699 g/mol. The van der Waals surface area contributed by atoms with Crippen LogP contribution in [0.5, 0.6) is 0 Å². The molecule has 7 heteroatoms. The van der Waals surface area contributed by atoms with E-state index in [0.717, 1.165) is 103 Å². The van der Waals surface area contributed by atoms with Gasteiger partial charge in [0.1, 0.15) is 0 Å². The van der Waals surface area contributed by atoms with Crippen molar-refractivity contribution in [3.05, 3.63) is 0 Å². The maximum Gasteiger partial charge on any atom is 0.308 e. The van der Waals surface area contributed by atoms with Crippen LogP contribution in [0, 0.1) is 41.4 Å². The Morgan fingerprint density at radius 2 is 0.857 bits per heavy atom. The third-order valence-electron chi connectivity index (χ3n) is 12.3. The number of hydrogen-bond donors (Lipinski definition) is 0. The van der Waals surface area contributed by atoms with Crippen molar-refractivity contribution in [3.63, 3.8) is 0 Å². The summed E-state index contributed by atoms with van der Waals surface area (Å²) in [4.78, 5) is 40.3. The van der Waals surface area contributed by atoms with Gasteiger partial charge in [0.15, 0.2) is 0 Å². The molecule has 1 aliphatic heterocycles. The van der Waals surface area contributed by atoms with Gasteiger partial charge in [0.05, 0.1) is 25.7 Å². The average molecular weight is 792 g/mol. The van der Waals surface area contributed by atoms with E-state index >= 15 is 0 Å². The Morgan fingerprint density at radius 1 is 0.464 bits per heavy atom. The number of unbranched alkanes of at least 4 members (excludes halogenated alkanes) is 12. The molecule has 1 fully saturated rings. The highest BCUT2D eigenvalue weighted by atomic mass is 16.5. The number of hydrogen-bond acceptors (Lipinski definition) is 7. The van der Waals surface area contributed by atoms with Crippen molar-refractivity contribution in [2.45, 2.75) is 216 Å². The van der Waals surface area contributed by atoms with E-state index in [4.69, 9.17) is 14.2 Å². The molecule has 1 rings (SSSR count). The number of nitrogens with zero attached hydrogens (tertiary/aromatic N) is 1. The topological polar surface area (TPSA) is 82.1 Å². The van der Waals surface area contributed by atoms with Crippen LogP contribution >= 0.6 is 0 Å². The van der Waals surface area contributed by atoms with Crippen LogP contribution in [0.4, 0.5) is 0 Å². The summed E-state index contributed by atoms with van der Waals surface area (Å²) >= 11 is 0. The molecule has 330 valence electrons. The van der Waals surface area contributed by atoms with Crippen LogP contribution in [0.1, 0.15) is 216 Å². The molecule has 0 spiro atoms. The fourth-order valence-electron chi connectivity index (χ4n) is 7.91. The van der Waals surface area contributed by atoms with E-state index in [1.54, 1.807) is 0 Å². The lowest BCUT2D eigenvalue weighted by Gasteiger charge is -2.21. The lowest BCUT2D eigenvalue weighted by atomic mass is 9.89. The molecule has 2 atom stereocenters. The molecule has 0 N–H and O–H groups in total. The van der Waals surface area contributed by atoms with Crippen molar-refractivity contribution < 1.29 is 28.6 Å².